The number of hydrogen-bond donors (Lipinski definition) is 0. The molecule has 1 saturated heterocycles. The number of pyridine rings is 2. The predicted molar refractivity (Wildman–Crippen MR) is 122 cm³/mol. The average molecular weight is 434 g/mol. The van der Waals surface area contributed by atoms with Crippen LogP contribution >= 0.6 is 11.8 Å². The Bertz CT molecular complexity index is 941. The molecule has 4 heterocycles. The minimum absolute atomic E-state index is 0.130. The van der Waals surface area contributed by atoms with Crippen molar-refractivity contribution in [2.45, 2.75) is 31.6 Å². The highest BCUT2D eigenvalue weighted by Crippen LogP contribution is 2.49. The van der Waals surface area contributed by atoms with Crippen molar-refractivity contribution in [1.29, 1.82) is 5.26 Å². The Kier molecular flexibility index (Phi) is 6.69. The van der Waals surface area contributed by atoms with E-state index in [9.17, 15) is 10.1 Å². The van der Waals surface area contributed by atoms with Crippen LogP contribution in [0.15, 0.2) is 59.4 Å². The van der Waals surface area contributed by atoms with Gasteiger partial charge in [0.25, 0.3) is 5.91 Å². The summed E-state index contributed by atoms with van der Waals surface area (Å²) in [7, 11) is 0. The first kappa shape index (κ1) is 21.5. The summed E-state index contributed by atoms with van der Waals surface area (Å²) in [6, 6.07) is 13.4. The minimum atomic E-state index is -1.31. The second-order valence-corrected chi connectivity index (χ2v) is 9.02. The predicted octanol–water partition coefficient (Wildman–Crippen LogP) is 3.58. The number of amides is 1. The fourth-order valence-electron chi connectivity index (χ4n) is 4.52. The van der Waals surface area contributed by atoms with Crippen molar-refractivity contribution in [3.8, 4) is 6.07 Å². The summed E-state index contributed by atoms with van der Waals surface area (Å²) in [6.07, 6.45) is 7.03. The molecule has 2 aliphatic rings. The first-order valence-electron chi connectivity index (χ1n) is 10.9. The van der Waals surface area contributed by atoms with E-state index < -0.39 is 5.41 Å². The number of likely N-dealkylation sites (tertiary alicyclic amines) is 1. The number of nitrogens with zero attached hydrogens (tertiary/aromatic N) is 5. The van der Waals surface area contributed by atoms with Crippen LogP contribution in [-0.4, -0.2) is 57.6 Å². The number of hydrogen-bond acceptors (Lipinski definition) is 6. The third-order valence-electron chi connectivity index (χ3n) is 5.98. The van der Waals surface area contributed by atoms with E-state index in [4.69, 9.17) is 0 Å². The summed E-state index contributed by atoms with van der Waals surface area (Å²) in [6.45, 7) is 5.55. The van der Waals surface area contributed by atoms with Crippen molar-refractivity contribution in [2.24, 2.45) is 0 Å². The standard InChI is InChI=1S/C24H27N5OS/c1-2-31-22-19(18-25)24(20-10-4-6-12-26-20,21-11-5-7-13-27-21)23(30)29(22)17-16-28-14-8-3-9-15-28/h4-7,10-13H,2-3,8-9,14-17H2,1H3. The van der Waals surface area contributed by atoms with Gasteiger partial charge in [0.2, 0.25) is 0 Å². The van der Waals surface area contributed by atoms with Crippen molar-refractivity contribution in [1.82, 2.24) is 19.8 Å². The van der Waals surface area contributed by atoms with Crippen molar-refractivity contribution in [3.05, 3.63) is 70.8 Å². The Hall–Kier alpha value is -2.69. The van der Waals surface area contributed by atoms with Crippen LogP contribution in [-0.2, 0) is 10.2 Å². The minimum Gasteiger partial charge on any atom is -0.303 e. The van der Waals surface area contributed by atoms with Crippen LogP contribution in [0.2, 0.25) is 0 Å². The van der Waals surface area contributed by atoms with Gasteiger partial charge in [0.1, 0.15) is 0 Å². The summed E-state index contributed by atoms with van der Waals surface area (Å²) in [4.78, 5) is 27.5. The SMILES string of the molecule is CCSC1=C(C#N)C(c2ccccn2)(c2ccccn2)C(=O)N1CCN1CCCCC1. The lowest BCUT2D eigenvalue weighted by molar-refractivity contribution is -0.130. The molecular weight excluding hydrogens is 406 g/mol. The number of nitriles is 1. The normalized spacial score (nSPS) is 19.0. The number of carbonyl (C=O) groups excluding carboxylic acids is 1. The van der Waals surface area contributed by atoms with Crippen LogP contribution in [0.25, 0.3) is 0 Å². The number of thioether (sulfide) groups is 1. The number of piperidine rings is 1. The average Bonchev–Trinajstić information content (AvgIpc) is 3.07. The molecule has 4 rings (SSSR count). The highest BCUT2D eigenvalue weighted by atomic mass is 32.2. The Morgan fingerprint density at radius 1 is 1.03 bits per heavy atom. The van der Waals surface area contributed by atoms with Gasteiger partial charge in [0, 0.05) is 25.5 Å². The molecular formula is C24H27N5OS. The van der Waals surface area contributed by atoms with Crippen LogP contribution in [0.3, 0.4) is 0 Å². The largest absolute Gasteiger partial charge is 0.303 e. The smallest absolute Gasteiger partial charge is 0.251 e. The van der Waals surface area contributed by atoms with Gasteiger partial charge >= 0.3 is 0 Å². The van der Waals surface area contributed by atoms with E-state index in [1.807, 2.05) is 48.2 Å². The fourth-order valence-corrected chi connectivity index (χ4v) is 5.47. The number of aromatic nitrogens is 2. The third-order valence-corrected chi connectivity index (χ3v) is 6.97. The summed E-state index contributed by atoms with van der Waals surface area (Å²) >= 11 is 1.55. The number of carbonyl (C=O) groups is 1. The molecule has 0 aliphatic carbocycles. The molecule has 1 fully saturated rings. The van der Waals surface area contributed by atoms with Crippen LogP contribution in [0.4, 0.5) is 0 Å². The zero-order chi connectivity index (χ0) is 21.7. The van der Waals surface area contributed by atoms with Crippen molar-refractivity contribution in [2.75, 3.05) is 31.9 Å². The second-order valence-electron chi connectivity index (χ2n) is 7.76. The van der Waals surface area contributed by atoms with Gasteiger partial charge in [-0.05, 0) is 55.9 Å². The van der Waals surface area contributed by atoms with Gasteiger partial charge in [-0.2, -0.15) is 5.26 Å². The molecule has 0 bridgehead atoms. The Labute approximate surface area is 188 Å². The molecule has 160 valence electrons. The Balaban J connectivity index is 1.82. The summed E-state index contributed by atoms with van der Waals surface area (Å²) < 4.78 is 0. The Morgan fingerprint density at radius 3 is 2.19 bits per heavy atom. The lowest BCUT2D eigenvalue weighted by atomic mass is 9.75. The van der Waals surface area contributed by atoms with E-state index >= 15 is 0 Å². The van der Waals surface area contributed by atoms with Gasteiger partial charge in [0.05, 0.1) is 28.1 Å². The van der Waals surface area contributed by atoms with Crippen LogP contribution in [0, 0.1) is 11.3 Å². The van der Waals surface area contributed by atoms with Crippen molar-refractivity contribution in [3.63, 3.8) is 0 Å². The molecule has 0 radical (unpaired) electrons. The molecule has 0 aromatic carbocycles. The van der Waals surface area contributed by atoms with Gasteiger partial charge in [-0.25, -0.2) is 0 Å². The quantitative estimate of drug-likeness (QED) is 0.665. The summed E-state index contributed by atoms with van der Waals surface area (Å²) in [5, 5.41) is 11.0. The Morgan fingerprint density at radius 2 is 1.68 bits per heavy atom. The molecule has 0 spiro atoms. The topological polar surface area (TPSA) is 73.1 Å². The molecule has 0 atom stereocenters. The summed E-state index contributed by atoms with van der Waals surface area (Å²) in [5.74, 6) is 0.642. The molecule has 2 aliphatic heterocycles. The van der Waals surface area contributed by atoms with Crippen molar-refractivity contribution < 1.29 is 4.79 Å². The molecule has 2 aromatic heterocycles. The van der Waals surface area contributed by atoms with E-state index in [-0.39, 0.29) is 5.91 Å². The van der Waals surface area contributed by atoms with Gasteiger partial charge < -0.3 is 9.80 Å². The molecule has 1 amide bonds. The van der Waals surface area contributed by atoms with E-state index in [1.165, 1.54) is 19.3 Å². The lowest BCUT2D eigenvalue weighted by Gasteiger charge is -2.31. The molecule has 6 nitrogen and oxygen atoms in total. The van der Waals surface area contributed by atoms with Crippen molar-refractivity contribution >= 4 is 17.7 Å². The maximum absolute atomic E-state index is 14.2. The highest BCUT2D eigenvalue weighted by Gasteiger charge is 2.57. The van der Waals surface area contributed by atoms with Gasteiger partial charge in [0.15, 0.2) is 5.41 Å². The first-order valence-corrected chi connectivity index (χ1v) is 11.9. The van der Waals surface area contributed by atoms with Gasteiger partial charge in [-0.15, -0.1) is 11.8 Å². The zero-order valence-electron chi connectivity index (χ0n) is 17.8. The van der Waals surface area contributed by atoms with E-state index in [0.29, 0.717) is 23.5 Å². The van der Waals surface area contributed by atoms with E-state index in [1.54, 1.807) is 24.2 Å². The van der Waals surface area contributed by atoms with E-state index in [0.717, 1.165) is 30.4 Å². The van der Waals surface area contributed by atoms with Gasteiger partial charge in [-0.1, -0.05) is 25.5 Å². The maximum atomic E-state index is 14.2. The molecule has 2 aromatic rings. The fraction of sp³-hybridized carbons (Fsp3) is 0.417. The van der Waals surface area contributed by atoms with Crippen LogP contribution in [0.5, 0.6) is 0 Å². The first-order chi connectivity index (χ1) is 15.2. The van der Waals surface area contributed by atoms with E-state index in [2.05, 4.69) is 20.9 Å². The molecule has 7 heteroatoms. The molecule has 0 N–H and O–H groups in total. The third kappa shape index (κ3) is 3.86. The second kappa shape index (κ2) is 9.63. The molecule has 0 unspecified atom stereocenters. The van der Waals surface area contributed by atoms with Gasteiger partial charge in [-0.3, -0.25) is 14.8 Å². The molecule has 31 heavy (non-hydrogen) atoms. The summed E-state index contributed by atoms with van der Waals surface area (Å²) in [5.41, 5.74) is 0.215. The monoisotopic (exact) mass is 433 g/mol. The van der Waals surface area contributed by atoms with Crippen LogP contribution in [0.1, 0.15) is 37.6 Å². The lowest BCUT2D eigenvalue weighted by Crippen LogP contribution is -2.45. The molecule has 0 saturated carbocycles. The zero-order valence-corrected chi connectivity index (χ0v) is 18.6. The number of rotatable bonds is 7. The maximum Gasteiger partial charge on any atom is 0.251 e. The highest BCUT2D eigenvalue weighted by molar-refractivity contribution is 8.03. The van der Waals surface area contributed by atoms with Crippen LogP contribution < -0.4 is 0 Å².